The van der Waals surface area contributed by atoms with Gasteiger partial charge in [-0.05, 0) is 42.5 Å². The van der Waals surface area contributed by atoms with E-state index in [0.29, 0.717) is 39.8 Å². The molecule has 1 saturated heterocycles. The minimum atomic E-state index is -0.347. The number of hydrogen-bond donors (Lipinski definition) is 2. The zero-order valence-electron chi connectivity index (χ0n) is 18.5. The van der Waals surface area contributed by atoms with Crippen LogP contribution in [0.1, 0.15) is 0 Å². The third kappa shape index (κ3) is 3.56. The van der Waals surface area contributed by atoms with E-state index in [0.717, 1.165) is 36.7 Å². The molecule has 5 aromatic rings. The molecule has 1 aliphatic carbocycles. The Morgan fingerprint density at radius 3 is 2.38 bits per heavy atom. The Morgan fingerprint density at radius 1 is 0.941 bits per heavy atom. The number of hydrogen-bond acceptors (Lipinski definition) is 6. The number of fused-ring (bicyclic) bond motifs is 3. The third-order valence-electron chi connectivity index (χ3n) is 6.88. The fourth-order valence-corrected chi connectivity index (χ4v) is 5.05. The van der Waals surface area contributed by atoms with Gasteiger partial charge in [0, 0.05) is 30.2 Å². The summed E-state index contributed by atoms with van der Waals surface area (Å²) in [4.78, 5) is 15.8. The van der Waals surface area contributed by atoms with Crippen LogP contribution in [0.4, 0.5) is 10.2 Å². The van der Waals surface area contributed by atoms with Crippen LogP contribution in [0.15, 0.2) is 73.1 Å². The Labute approximate surface area is 195 Å². The molecule has 0 radical (unpaired) electrons. The second-order valence-corrected chi connectivity index (χ2v) is 8.78. The van der Waals surface area contributed by atoms with Gasteiger partial charge < -0.3 is 10.6 Å². The number of nitrogens with zero attached hydrogens (tertiary/aromatic N) is 5. The van der Waals surface area contributed by atoms with Gasteiger partial charge in [-0.1, -0.05) is 42.5 Å². The molecule has 0 bridgehead atoms. The SMILES string of the molecule is NCC1C2CN(c3cnc4c(-c5ccc(F)c6ncccc56)[nH]nc4n3)CC12.c1ccccc1. The van der Waals surface area contributed by atoms with E-state index in [1.165, 1.54) is 6.07 Å². The van der Waals surface area contributed by atoms with Crippen molar-refractivity contribution in [3.8, 4) is 11.3 Å². The Balaban J connectivity index is 0.000000318. The molecule has 34 heavy (non-hydrogen) atoms. The number of pyridine rings is 1. The number of benzene rings is 2. The first kappa shape index (κ1) is 20.7. The van der Waals surface area contributed by atoms with Gasteiger partial charge in [0.1, 0.15) is 22.7 Å². The number of H-pyrrole nitrogens is 1. The topological polar surface area (TPSA) is 96.6 Å². The summed E-state index contributed by atoms with van der Waals surface area (Å²) in [6.45, 7) is 2.74. The Hall–Kier alpha value is -3.91. The number of nitrogens with one attached hydrogen (secondary N) is 1. The third-order valence-corrected chi connectivity index (χ3v) is 6.88. The van der Waals surface area contributed by atoms with Crippen LogP contribution in [0.3, 0.4) is 0 Å². The molecule has 3 N–H and O–H groups in total. The summed E-state index contributed by atoms with van der Waals surface area (Å²) in [5.41, 5.74) is 8.89. The summed E-state index contributed by atoms with van der Waals surface area (Å²) in [6.07, 6.45) is 3.38. The van der Waals surface area contributed by atoms with Crippen molar-refractivity contribution in [1.29, 1.82) is 0 Å². The molecule has 8 heteroatoms. The maximum Gasteiger partial charge on any atom is 0.202 e. The predicted octanol–water partition coefficient (Wildman–Crippen LogP) is 4.03. The lowest BCUT2D eigenvalue weighted by Crippen LogP contribution is -2.26. The molecule has 3 aromatic heterocycles. The first-order chi connectivity index (χ1) is 16.7. The van der Waals surface area contributed by atoms with Crippen LogP contribution in [0, 0.1) is 23.6 Å². The van der Waals surface area contributed by atoms with E-state index in [2.05, 4.69) is 25.1 Å². The largest absolute Gasteiger partial charge is 0.355 e. The molecule has 1 aliphatic heterocycles. The average Bonchev–Trinajstić information content (AvgIpc) is 3.20. The van der Waals surface area contributed by atoms with Crippen molar-refractivity contribution in [3.05, 3.63) is 78.9 Å². The van der Waals surface area contributed by atoms with Crippen LogP contribution in [0.5, 0.6) is 0 Å². The van der Waals surface area contributed by atoms with Crippen molar-refractivity contribution < 1.29 is 4.39 Å². The Kier molecular flexibility index (Phi) is 5.15. The van der Waals surface area contributed by atoms with Gasteiger partial charge in [0.05, 0.1) is 11.9 Å². The van der Waals surface area contributed by atoms with E-state index in [4.69, 9.17) is 10.7 Å². The van der Waals surface area contributed by atoms with Crippen LogP contribution in [-0.2, 0) is 0 Å². The smallest absolute Gasteiger partial charge is 0.202 e. The van der Waals surface area contributed by atoms with Gasteiger partial charge in [0.2, 0.25) is 5.65 Å². The number of anilines is 1. The number of nitrogens with two attached hydrogens (primary N) is 1. The van der Waals surface area contributed by atoms with Crippen LogP contribution in [0.2, 0.25) is 0 Å². The van der Waals surface area contributed by atoms with Gasteiger partial charge in [-0.2, -0.15) is 5.10 Å². The zero-order valence-corrected chi connectivity index (χ0v) is 18.5. The minimum Gasteiger partial charge on any atom is -0.355 e. The van der Waals surface area contributed by atoms with Crippen molar-refractivity contribution >= 4 is 27.9 Å². The summed E-state index contributed by atoms with van der Waals surface area (Å²) in [7, 11) is 0. The molecule has 0 amide bonds. The van der Waals surface area contributed by atoms with Gasteiger partial charge in [-0.25, -0.2) is 14.4 Å². The van der Waals surface area contributed by atoms with E-state index in [1.54, 1.807) is 24.5 Å². The molecule has 0 spiro atoms. The van der Waals surface area contributed by atoms with Crippen molar-refractivity contribution in [2.75, 3.05) is 24.5 Å². The molecule has 7 rings (SSSR count). The molecule has 2 aromatic carbocycles. The lowest BCUT2D eigenvalue weighted by molar-refractivity contribution is 0.637. The summed E-state index contributed by atoms with van der Waals surface area (Å²) in [5, 5.41) is 8.11. The predicted molar refractivity (Wildman–Crippen MR) is 131 cm³/mol. The van der Waals surface area contributed by atoms with Crippen LogP contribution >= 0.6 is 0 Å². The highest BCUT2D eigenvalue weighted by Crippen LogP contribution is 2.51. The molecule has 4 heterocycles. The van der Waals surface area contributed by atoms with Crippen molar-refractivity contribution in [2.24, 2.45) is 23.5 Å². The molecule has 2 unspecified atom stereocenters. The van der Waals surface area contributed by atoms with Crippen LogP contribution < -0.4 is 10.6 Å². The quantitative estimate of drug-likeness (QED) is 0.428. The first-order valence-corrected chi connectivity index (χ1v) is 11.4. The van der Waals surface area contributed by atoms with E-state index in [1.807, 2.05) is 42.5 Å². The normalized spacial score (nSPS) is 20.8. The van der Waals surface area contributed by atoms with Crippen molar-refractivity contribution in [1.82, 2.24) is 25.1 Å². The maximum absolute atomic E-state index is 14.1. The van der Waals surface area contributed by atoms with E-state index in [9.17, 15) is 4.39 Å². The van der Waals surface area contributed by atoms with E-state index in [-0.39, 0.29) is 5.82 Å². The molecule has 2 fully saturated rings. The molecular formula is C26H24FN7. The van der Waals surface area contributed by atoms with E-state index < -0.39 is 0 Å². The fraction of sp³-hybridized carbons (Fsp3) is 0.231. The Morgan fingerprint density at radius 2 is 1.68 bits per heavy atom. The number of halogens is 1. The molecule has 7 nitrogen and oxygen atoms in total. The lowest BCUT2D eigenvalue weighted by atomic mass is 10.0. The highest BCUT2D eigenvalue weighted by Gasteiger charge is 2.54. The first-order valence-electron chi connectivity index (χ1n) is 11.4. The summed E-state index contributed by atoms with van der Waals surface area (Å²) in [6, 6.07) is 18.8. The average molecular weight is 454 g/mol. The number of piperidine rings is 1. The molecule has 170 valence electrons. The summed E-state index contributed by atoms with van der Waals surface area (Å²) < 4.78 is 14.1. The summed E-state index contributed by atoms with van der Waals surface area (Å²) >= 11 is 0. The number of aromatic amines is 1. The number of rotatable bonds is 3. The van der Waals surface area contributed by atoms with Gasteiger partial charge in [0.15, 0.2) is 0 Å². The monoisotopic (exact) mass is 453 g/mol. The van der Waals surface area contributed by atoms with Gasteiger partial charge in [0.25, 0.3) is 0 Å². The molecule has 2 atom stereocenters. The number of aromatic nitrogens is 5. The van der Waals surface area contributed by atoms with Gasteiger partial charge in [-0.15, -0.1) is 0 Å². The van der Waals surface area contributed by atoms with Gasteiger partial charge >= 0.3 is 0 Å². The highest BCUT2D eigenvalue weighted by molar-refractivity contribution is 6.00. The molecular weight excluding hydrogens is 429 g/mol. The maximum atomic E-state index is 14.1. The second kappa shape index (κ2) is 8.46. The minimum absolute atomic E-state index is 0.332. The molecule has 2 aliphatic rings. The van der Waals surface area contributed by atoms with Crippen LogP contribution in [0.25, 0.3) is 33.3 Å². The lowest BCUT2D eigenvalue weighted by Gasteiger charge is -2.19. The molecule has 1 saturated carbocycles. The zero-order chi connectivity index (χ0) is 23.1. The van der Waals surface area contributed by atoms with Gasteiger partial charge in [-0.3, -0.25) is 10.1 Å². The van der Waals surface area contributed by atoms with Crippen molar-refractivity contribution in [3.63, 3.8) is 0 Å². The summed E-state index contributed by atoms with van der Waals surface area (Å²) in [5.74, 6) is 2.55. The standard InChI is InChI=1S/C20H18FN7.C6H6/c21-15-4-3-11(10-2-1-5-23-17(10)15)18-19-20(27-26-18)25-16(7-24-19)28-8-13-12(6-22)14(13)9-28;1-2-4-6-5-3-1/h1-5,7,12-14H,6,8-9,22H2,(H,25,26,27);1-6H. The Bertz CT molecular complexity index is 1410. The second-order valence-electron chi connectivity index (χ2n) is 8.78. The van der Waals surface area contributed by atoms with E-state index >= 15 is 0 Å². The van der Waals surface area contributed by atoms with Crippen molar-refractivity contribution in [2.45, 2.75) is 0 Å². The van der Waals surface area contributed by atoms with Crippen LogP contribution in [-0.4, -0.2) is 44.8 Å². The fourth-order valence-electron chi connectivity index (χ4n) is 5.05. The highest BCUT2D eigenvalue weighted by atomic mass is 19.1.